The first kappa shape index (κ1) is 20.3. The van der Waals surface area contributed by atoms with Gasteiger partial charge < -0.3 is 14.9 Å². The van der Waals surface area contributed by atoms with Crippen LogP contribution in [0.3, 0.4) is 0 Å². The molecule has 2 aromatic carbocycles. The van der Waals surface area contributed by atoms with Gasteiger partial charge in [0.2, 0.25) is 5.89 Å². The van der Waals surface area contributed by atoms with Crippen LogP contribution in [0.5, 0.6) is 5.75 Å². The lowest BCUT2D eigenvalue weighted by Crippen LogP contribution is -2.17. The predicted molar refractivity (Wildman–Crippen MR) is 103 cm³/mol. The summed E-state index contributed by atoms with van der Waals surface area (Å²) < 4.78 is 39.7. The van der Waals surface area contributed by atoms with Gasteiger partial charge in [0.1, 0.15) is 17.1 Å². The van der Waals surface area contributed by atoms with Gasteiger partial charge in [0.25, 0.3) is 5.91 Å². The minimum absolute atomic E-state index is 0.184. The molecule has 1 amide bonds. The Hall–Kier alpha value is -2.45. The van der Waals surface area contributed by atoms with Crippen molar-refractivity contribution in [2.75, 3.05) is 0 Å². The molecule has 0 radical (unpaired) electrons. The highest BCUT2D eigenvalue weighted by molar-refractivity contribution is 9.10. The van der Waals surface area contributed by atoms with Crippen molar-refractivity contribution in [2.24, 2.45) is 5.73 Å². The van der Waals surface area contributed by atoms with E-state index in [0.717, 1.165) is 17.7 Å². The highest BCUT2D eigenvalue weighted by atomic mass is 79.9. The van der Waals surface area contributed by atoms with E-state index in [1.165, 1.54) is 0 Å². The Kier molecular flexibility index (Phi) is 6.00. The van der Waals surface area contributed by atoms with Crippen molar-refractivity contribution in [3.05, 3.63) is 69.2 Å². The average molecular weight is 472 g/mol. The van der Waals surface area contributed by atoms with E-state index in [0.29, 0.717) is 21.8 Å². The van der Waals surface area contributed by atoms with Crippen LogP contribution in [0, 0.1) is 11.6 Å². The monoisotopic (exact) mass is 470 g/mol. The van der Waals surface area contributed by atoms with Gasteiger partial charge in [-0.25, -0.2) is 13.8 Å². The smallest absolute Gasteiger partial charge is 0.254 e. The molecule has 5 nitrogen and oxygen atoms in total. The summed E-state index contributed by atoms with van der Waals surface area (Å²) >= 11 is 9.20. The number of ether oxygens (including phenoxy) is 1. The van der Waals surface area contributed by atoms with Crippen molar-refractivity contribution >= 4 is 33.4 Å². The minimum atomic E-state index is -1.22. The molecule has 2 N–H and O–H groups in total. The van der Waals surface area contributed by atoms with Crippen molar-refractivity contribution in [3.8, 4) is 17.0 Å². The molecule has 0 bridgehead atoms. The molecule has 1 unspecified atom stereocenters. The Labute approximate surface area is 172 Å². The number of amides is 1. The summed E-state index contributed by atoms with van der Waals surface area (Å²) in [4.78, 5) is 15.7. The Morgan fingerprint density at radius 2 is 1.96 bits per heavy atom. The van der Waals surface area contributed by atoms with E-state index in [2.05, 4.69) is 20.9 Å². The van der Waals surface area contributed by atoms with E-state index in [1.807, 2.05) is 0 Å². The Bertz CT molecular complexity index is 1020. The number of hydrogen-bond acceptors (Lipinski definition) is 4. The van der Waals surface area contributed by atoms with Gasteiger partial charge in [-0.15, -0.1) is 0 Å². The average Bonchev–Trinajstić information content (AvgIpc) is 3.03. The largest absolute Gasteiger partial charge is 0.478 e. The zero-order valence-corrected chi connectivity index (χ0v) is 16.9. The fraction of sp³-hybridized carbons (Fsp3) is 0.158. The fourth-order valence-corrected chi connectivity index (χ4v) is 3.16. The Balaban J connectivity index is 1.93. The predicted octanol–water partition coefficient (Wildman–Crippen LogP) is 5.66. The molecule has 1 aromatic heterocycles. The first-order valence-electron chi connectivity index (χ1n) is 8.18. The van der Waals surface area contributed by atoms with Gasteiger partial charge in [-0.3, -0.25) is 4.79 Å². The molecule has 1 heterocycles. The summed E-state index contributed by atoms with van der Waals surface area (Å²) in [5.41, 5.74) is 5.45. The number of hydrogen-bond donors (Lipinski definition) is 1. The zero-order chi connectivity index (χ0) is 20.4. The van der Waals surface area contributed by atoms with Crippen LogP contribution in [0.2, 0.25) is 5.02 Å². The lowest BCUT2D eigenvalue weighted by Gasteiger charge is -2.16. The molecule has 9 heteroatoms. The number of carbonyl (C=O) groups excluding carboxylic acids is 1. The minimum Gasteiger partial charge on any atom is -0.478 e. The normalized spacial score (nSPS) is 12.0. The molecule has 28 heavy (non-hydrogen) atoms. The second kappa shape index (κ2) is 8.28. The van der Waals surface area contributed by atoms with Crippen molar-refractivity contribution in [1.29, 1.82) is 0 Å². The first-order chi connectivity index (χ1) is 13.3. The number of aromatic nitrogens is 1. The molecule has 0 aliphatic heterocycles. The molecule has 3 aromatic rings. The lowest BCUT2D eigenvalue weighted by molar-refractivity contribution is 0.0989. The Morgan fingerprint density at radius 1 is 1.29 bits per heavy atom. The molecular formula is C19H14BrClF2N2O3. The van der Waals surface area contributed by atoms with E-state index in [1.54, 1.807) is 31.2 Å². The third-order valence-corrected chi connectivity index (χ3v) is 4.73. The fourth-order valence-electron chi connectivity index (χ4n) is 2.55. The maximum absolute atomic E-state index is 14.4. The molecule has 0 aliphatic rings. The van der Waals surface area contributed by atoms with E-state index < -0.39 is 29.2 Å². The van der Waals surface area contributed by atoms with E-state index in [9.17, 15) is 13.6 Å². The number of nitrogens with zero attached hydrogens (tertiary/aromatic N) is 1. The maximum atomic E-state index is 14.4. The van der Waals surface area contributed by atoms with Crippen LogP contribution in [0.1, 0.15) is 35.7 Å². The number of halogens is 4. The third kappa shape index (κ3) is 4.02. The van der Waals surface area contributed by atoms with E-state index in [-0.39, 0.29) is 11.6 Å². The number of oxazole rings is 1. The van der Waals surface area contributed by atoms with Crippen LogP contribution in [0.4, 0.5) is 8.78 Å². The molecule has 3 rings (SSSR count). The van der Waals surface area contributed by atoms with Crippen LogP contribution in [0.15, 0.2) is 45.5 Å². The Morgan fingerprint density at radius 3 is 2.57 bits per heavy atom. The van der Waals surface area contributed by atoms with Crippen LogP contribution in [-0.2, 0) is 0 Å². The van der Waals surface area contributed by atoms with E-state index >= 15 is 0 Å². The van der Waals surface area contributed by atoms with Crippen molar-refractivity contribution in [2.45, 2.75) is 19.4 Å². The maximum Gasteiger partial charge on any atom is 0.254 e. The first-order valence-corrected chi connectivity index (χ1v) is 9.35. The van der Waals surface area contributed by atoms with Gasteiger partial charge in [-0.1, -0.05) is 30.7 Å². The number of primary amides is 1. The summed E-state index contributed by atoms with van der Waals surface area (Å²) in [5.74, 6) is -3.60. The number of carbonyl (C=O) groups is 1. The molecule has 0 saturated carbocycles. The second-order valence-electron chi connectivity index (χ2n) is 5.79. The topological polar surface area (TPSA) is 78.4 Å². The number of benzene rings is 2. The molecule has 0 spiro atoms. The summed E-state index contributed by atoms with van der Waals surface area (Å²) in [7, 11) is 0. The van der Waals surface area contributed by atoms with Crippen LogP contribution in [0.25, 0.3) is 11.3 Å². The van der Waals surface area contributed by atoms with Crippen LogP contribution < -0.4 is 10.5 Å². The SMILES string of the molecule is CCC(Oc1ccc(F)c(C(N)=O)c1F)c1nc(-c2ccc(Cl)cc2)c(Br)o1. The van der Waals surface area contributed by atoms with Crippen LogP contribution in [-0.4, -0.2) is 10.9 Å². The number of rotatable bonds is 6. The highest BCUT2D eigenvalue weighted by Gasteiger charge is 2.25. The molecule has 1 atom stereocenters. The summed E-state index contributed by atoms with van der Waals surface area (Å²) in [5, 5.41) is 0.579. The number of nitrogens with two attached hydrogens (primary N) is 1. The summed E-state index contributed by atoms with van der Waals surface area (Å²) in [6, 6.07) is 8.97. The standard InChI is InChI=1S/C19H14BrClF2N2O3/c1-2-12(27-13-8-7-11(22)14(15(13)23)18(24)26)19-25-16(17(20)28-19)9-3-5-10(21)6-4-9/h3-8,12H,2H2,1H3,(H2,24,26). The molecule has 0 aliphatic carbocycles. The molecule has 146 valence electrons. The molecule has 0 fully saturated rings. The van der Waals surface area contributed by atoms with Crippen molar-refractivity contribution in [3.63, 3.8) is 0 Å². The molecular weight excluding hydrogens is 458 g/mol. The third-order valence-electron chi connectivity index (χ3n) is 3.94. The van der Waals surface area contributed by atoms with Gasteiger partial charge in [0.15, 0.2) is 22.3 Å². The van der Waals surface area contributed by atoms with Crippen molar-refractivity contribution in [1.82, 2.24) is 4.98 Å². The molecule has 0 saturated heterocycles. The van der Waals surface area contributed by atoms with Gasteiger partial charge >= 0.3 is 0 Å². The second-order valence-corrected chi connectivity index (χ2v) is 6.95. The summed E-state index contributed by atoms with van der Waals surface area (Å²) in [6.45, 7) is 1.78. The quantitative estimate of drug-likeness (QED) is 0.503. The zero-order valence-electron chi connectivity index (χ0n) is 14.5. The lowest BCUT2D eigenvalue weighted by atomic mass is 10.1. The van der Waals surface area contributed by atoms with Gasteiger partial charge in [0.05, 0.1) is 0 Å². The van der Waals surface area contributed by atoms with Gasteiger partial charge in [-0.2, -0.15) is 0 Å². The van der Waals surface area contributed by atoms with Gasteiger partial charge in [-0.05, 0) is 46.6 Å². The summed E-state index contributed by atoms with van der Waals surface area (Å²) in [6.07, 6.45) is -0.409. The van der Waals surface area contributed by atoms with Crippen LogP contribution >= 0.6 is 27.5 Å². The van der Waals surface area contributed by atoms with Gasteiger partial charge in [0, 0.05) is 10.6 Å². The highest BCUT2D eigenvalue weighted by Crippen LogP contribution is 2.35. The van der Waals surface area contributed by atoms with E-state index in [4.69, 9.17) is 26.5 Å². The van der Waals surface area contributed by atoms with Crippen molar-refractivity contribution < 1.29 is 22.7 Å².